The zero-order valence-corrected chi connectivity index (χ0v) is 9.17. The molecule has 2 nitrogen and oxygen atoms in total. The van der Waals surface area contributed by atoms with Crippen molar-refractivity contribution in [3.8, 4) is 5.75 Å². The molecule has 0 aliphatic carbocycles. The van der Waals surface area contributed by atoms with E-state index in [0.29, 0.717) is 11.8 Å². The van der Waals surface area contributed by atoms with Crippen LogP contribution >= 0.6 is 0 Å². The van der Waals surface area contributed by atoms with E-state index in [-0.39, 0.29) is 0 Å². The Kier molecular flexibility index (Phi) is 3.81. The van der Waals surface area contributed by atoms with Crippen LogP contribution in [0.3, 0.4) is 0 Å². The minimum Gasteiger partial charge on any atom is -0.508 e. The van der Waals surface area contributed by atoms with Crippen LogP contribution in [-0.4, -0.2) is 11.1 Å². The van der Waals surface area contributed by atoms with Gasteiger partial charge in [-0.1, -0.05) is 19.4 Å². The minimum absolute atomic E-state index is 0.360. The summed E-state index contributed by atoms with van der Waals surface area (Å²) < 4.78 is 0. The summed E-state index contributed by atoms with van der Waals surface area (Å²) in [6, 6.07) is 6.17. The molecule has 1 atom stereocenters. The number of aryl methyl sites for hydroxylation is 1. The SMILES string of the molecule is CCCC(C)Nc1ccc(C)c(O)c1. The molecule has 0 aliphatic rings. The molecule has 1 unspecified atom stereocenters. The van der Waals surface area contributed by atoms with Crippen LogP contribution in [0, 0.1) is 6.92 Å². The fourth-order valence-electron chi connectivity index (χ4n) is 1.49. The molecule has 0 saturated heterocycles. The van der Waals surface area contributed by atoms with Gasteiger partial charge in [-0.3, -0.25) is 0 Å². The average Bonchev–Trinajstić information content (AvgIpc) is 2.12. The quantitative estimate of drug-likeness (QED) is 0.769. The van der Waals surface area contributed by atoms with Crippen LogP contribution in [0.25, 0.3) is 0 Å². The van der Waals surface area contributed by atoms with E-state index < -0.39 is 0 Å². The van der Waals surface area contributed by atoms with E-state index in [9.17, 15) is 5.11 Å². The van der Waals surface area contributed by atoms with E-state index in [1.54, 1.807) is 6.07 Å². The Morgan fingerprint density at radius 1 is 1.43 bits per heavy atom. The lowest BCUT2D eigenvalue weighted by atomic mass is 10.1. The van der Waals surface area contributed by atoms with Gasteiger partial charge in [0.05, 0.1) is 0 Å². The standard InChI is InChI=1S/C12H19NO/c1-4-5-10(3)13-11-7-6-9(2)12(14)8-11/h6-8,10,13-14H,4-5H2,1-3H3. The molecule has 0 radical (unpaired) electrons. The van der Waals surface area contributed by atoms with Gasteiger partial charge in [0.2, 0.25) is 0 Å². The second-order valence-corrected chi connectivity index (χ2v) is 3.84. The number of aromatic hydroxyl groups is 1. The summed E-state index contributed by atoms with van der Waals surface area (Å²) in [7, 11) is 0. The van der Waals surface area contributed by atoms with E-state index in [0.717, 1.165) is 17.7 Å². The van der Waals surface area contributed by atoms with Crippen LogP contribution < -0.4 is 5.32 Å². The van der Waals surface area contributed by atoms with Gasteiger partial charge in [-0.25, -0.2) is 0 Å². The molecule has 0 fully saturated rings. The Morgan fingerprint density at radius 2 is 2.14 bits per heavy atom. The first kappa shape index (κ1) is 10.9. The summed E-state index contributed by atoms with van der Waals surface area (Å²) in [5.41, 5.74) is 1.91. The Morgan fingerprint density at radius 3 is 2.71 bits per heavy atom. The second-order valence-electron chi connectivity index (χ2n) is 3.84. The van der Waals surface area contributed by atoms with Crippen molar-refractivity contribution >= 4 is 5.69 Å². The van der Waals surface area contributed by atoms with Crippen molar-refractivity contribution in [2.45, 2.75) is 39.7 Å². The lowest BCUT2D eigenvalue weighted by molar-refractivity contribution is 0.471. The van der Waals surface area contributed by atoms with Crippen molar-refractivity contribution in [2.24, 2.45) is 0 Å². The summed E-state index contributed by atoms with van der Waals surface area (Å²) in [6.45, 7) is 6.22. The largest absolute Gasteiger partial charge is 0.508 e. The molecule has 0 amide bonds. The maximum atomic E-state index is 9.50. The van der Waals surface area contributed by atoms with Crippen LogP contribution in [-0.2, 0) is 0 Å². The maximum absolute atomic E-state index is 9.50. The van der Waals surface area contributed by atoms with Crippen molar-refractivity contribution in [1.29, 1.82) is 0 Å². The van der Waals surface area contributed by atoms with E-state index in [1.165, 1.54) is 6.42 Å². The van der Waals surface area contributed by atoms with E-state index in [1.807, 2.05) is 19.1 Å². The molecule has 2 heteroatoms. The number of phenols is 1. The summed E-state index contributed by atoms with van der Waals surface area (Å²) in [5, 5.41) is 12.9. The number of nitrogens with one attached hydrogen (secondary N) is 1. The van der Waals surface area contributed by atoms with Crippen LogP contribution in [0.2, 0.25) is 0 Å². The molecular weight excluding hydrogens is 174 g/mol. The number of rotatable bonds is 4. The summed E-state index contributed by atoms with van der Waals surface area (Å²) in [6.07, 6.45) is 2.32. The summed E-state index contributed by atoms with van der Waals surface area (Å²) in [4.78, 5) is 0. The van der Waals surface area contributed by atoms with Crippen molar-refractivity contribution < 1.29 is 5.11 Å². The smallest absolute Gasteiger partial charge is 0.120 e. The first-order valence-corrected chi connectivity index (χ1v) is 5.19. The molecule has 0 saturated carbocycles. The van der Waals surface area contributed by atoms with E-state index >= 15 is 0 Å². The van der Waals surface area contributed by atoms with Gasteiger partial charge in [-0.15, -0.1) is 0 Å². The molecule has 1 aromatic carbocycles. The van der Waals surface area contributed by atoms with Gasteiger partial charge in [0.15, 0.2) is 0 Å². The van der Waals surface area contributed by atoms with Crippen molar-refractivity contribution in [3.63, 3.8) is 0 Å². The van der Waals surface area contributed by atoms with E-state index in [2.05, 4.69) is 19.2 Å². The van der Waals surface area contributed by atoms with Crippen molar-refractivity contribution in [2.75, 3.05) is 5.32 Å². The van der Waals surface area contributed by atoms with Crippen molar-refractivity contribution in [1.82, 2.24) is 0 Å². The predicted molar refractivity (Wildman–Crippen MR) is 60.8 cm³/mol. The molecule has 0 aromatic heterocycles. The van der Waals surface area contributed by atoms with Crippen LogP contribution in [0.15, 0.2) is 18.2 Å². The molecule has 0 bridgehead atoms. The molecule has 0 spiro atoms. The zero-order valence-electron chi connectivity index (χ0n) is 9.17. The third-order valence-corrected chi connectivity index (χ3v) is 2.34. The third-order valence-electron chi connectivity index (χ3n) is 2.34. The number of phenolic OH excluding ortho intramolecular Hbond substituents is 1. The lowest BCUT2D eigenvalue weighted by Crippen LogP contribution is -2.14. The fourth-order valence-corrected chi connectivity index (χ4v) is 1.49. The third kappa shape index (κ3) is 2.95. The van der Waals surface area contributed by atoms with Gasteiger partial charge in [-0.2, -0.15) is 0 Å². The molecule has 1 rings (SSSR count). The Labute approximate surface area is 86.0 Å². The molecule has 2 N–H and O–H groups in total. The first-order chi connectivity index (χ1) is 6.63. The molecule has 0 aliphatic heterocycles. The van der Waals surface area contributed by atoms with Crippen LogP contribution in [0.1, 0.15) is 32.3 Å². The van der Waals surface area contributed by atoms with Crippen molar-refractivity contribution in [3.05, 3.63) is 23.8 Å². The number of anilines is 1. The molecule has 0 heterocycles. The molecule has 1 aromatic rings. The monoisotopic (exact) mass is 193 g/mol. The molecule has 78 valence electrons. The number of hydrogen-bond donors (Lipinski definition) is 2. The topological polar surface area (TPSA) is 32.3 Å². The number of benzene rings is 1. The highest BCUT2D eigenvalue weighted by Crippen LogP contribution is 2.21. The fraction of sp³-hybridized carbons (Fsp3) is 0.500. The first-order valence-electron chi connectivity index (χ1n) is 5.19. The predicted octanol–water partition coefficient (Wildman–Crippen LogP) is 3.30. The van der Waals surface area contributed by atoms with Gasteiger partial charge >= 0.3 is 0 Å². The highest BCUT2D eigenvalue weighted by molar-refractivity contribution is 5.51. The second kappa shape index (κ2) is 4.89. The Bertz CT molecular complexity index is 296. The van der Waals surface area contributed by atoms with Gasteiger partial charge in [0.25, 0.3) is 0 Å². The van der Waals surface area contributed by atoms with Gasteiger partial charge < -0.3 is 10.4 Å². The molecule has 14 heavy (non-hydrogen) atoms. The minimum atomic E-state index is 0.360. The van der Waals surface area contributed by atoms with Gasteiger partial charge in [-0.05, 0) is 31.9 Å². The maximum Gasteiger partial charge on any atom is 0.120 e. The zero-order chi connectivity index (χ0) is 10.6. The van der Waals surface area contributed by atoms with Crippen LogP contribution in [0.5, 0.6) is 5.75 Å². The lowest BCUT2D eigenvalue weighted by Gasteiger charge is -2.14. The van der Waals surface area contributed by atoms with Crippen LogP contribution in [0.4, 0.5) is 5.69 Å². The van der Waals surface area contributed by atoms with Gasteiger partial charge in [0, 0.05) is 17.8 Å². The highest BCUT2D eigenvalue weighted by Gasteiger charge is 2.02. The summed E-state index contributed by atoms with van der Waals surface area (Å²) >= 11 is 0. The van der Waals surface area contributed by atoms with Gasteiger partial charge in [0.1, 0.15) is 5.75 Å². The number of hydrogen-bond acceptors (Lipinski definition) is 2. The highest BCUT2D eigenvalue weighted by atomic mass is 16.3. The molecular formula is C12H19NO. The van der Waals surface area contributed by atoms with E-state index in [4.69, 9.17) is 0 Å². The average molecular weight is 193 g/mol. The Hall–Kier alpha value is -1.18. The normalized spacial score (nSPS) is 12.5. The Balaban J connectivity index is 2.63. The summed E-state index contributed by atoms with van der Waals surface area (Å²) in [5.74, 6) is 0.360.